The number of hydrogen-bond acceptors (Lipinski definition) is 3. The minimum Gasteiger partial charge on any atom is -0.349 e. The molecule has 2 unspecified atom stereocenters. The lowest BCUT2D eigenvalue weighted by Gasteiger charge is -2.16. The fourth-order valence-electron chi connectivity index (χ4n) is 2.40. The van der Waals surface area contributed by atoms with E-state index >= 15 is 0 Å². The minimum atomic E-state index is 0.0907. The molecule has 1 heterocycles. The molecule has 0 radical (unpaired) electrons. The average Bonchev–Trinajstić information content (AvgIpc) is 2.78. The van der Waals surface area contributed by atoms with Crippen LogP contribution in [0.25, 0.3) is 0 Å². The van der Waals surface area contributed by atoms with Gasteiger partial charge < -0.3 is 10.6 Å². The van der Waals surface area contributed by atoms with Gasteiger partial charge in [-0.1, -0.05) is 6.07 Å². The highest BCUT2D eigenvalue weighted by Crippen LogP contribution is 2.19. The molecule has 0 aromatic carbocycles. The van der Waals surface area contributed by atoms with Gasteiger partial charge in [0, 0.05) is 12.1 Å². The Bertz CT molecular complexity index is 350. The van der Waals surface area contributed by atoms with Gasteiger partial charge in [0.1, 0.15) is 0 Å². The second-order valence-electron chi connectivity index (χ2n) is 4.64. The molecular formula is C13H20N2OS. The van der Waals surface area contributed by atoms with Crippen molar-refractivity contribution in [2.24, 2.45) is 0 Å². The monoisotopic (exact) mass is 252 g/mol. The number of amides is 1. The van der Waals surface area contributed by atoms with E-state index in [4.69, 9.17) is 0 Å². The molecule has 2 rings (SSSR count). The molecule has 1 aliphatic carbocycles. The lowest BCUT2D eigenvalue weighted by atomic mass is 10.1. The first-order chi connectivity index (χ1) is 8.29. The number of nitrogens with one attached hydrogen (secondary N) is 2. The molecule has 17 heavy (non-hydrogen) atoms. The van der Waals surface area contributed by atoms with Crippen molar-refractivity contribution in [2.45, 2.75) is 44.2 Å². The molecule has 1 fully saturated rings. The maximum atomic E-state index is 11.9. The van der Waals surface area contributed by atoms with Crippen LogP contribution in [0.2, 0.25) is 0 Å². The van der Waals surface area contributed by atoms with Crippen molar-refractivity contribution in [3.8, 4) is 0 Å². The summed E-state index contributed by atoms with van der Waals surface area (Å²) in [5.74, 6) is 0.0907. The number of carbonyl (C=O) groups is 1. The number of rotatable bonds is 3. The Morgan fingerprint density at radius 2 is 2.06 bits per heavy atom. The summed E-state index contributed by atoms with van der Waals surface area (Å²) in [5.41, 5.74) is 0. The van der Waals surface area contributed by atoms with E-state index < -0.39 is 0 Å². The third kappa shape index (κ3) is 3.54. The van der Waals surface area contributed by atoms with E-state index in [-0.39, 0.29) is 5.91 Å². The minimum absolute atomic E-state index is 0.0907. The summed E-state index contributed by atoms with van der Waals surface area (Å²) in [6.45, 7) is 0. The summed E-state index contributed by atoms with van der Waals surface area (Å²) in [6, 6.07) is 4.78. The molecule has 0 saturated heterocycles. The summed E-state index contributed by atoms with van der Waals surface area (Å²) >= 11 is 1.51. The molecule has 3 nitrogen and oxygen atoms in total. The second kappa shape index (κ2) is 6.17. The Balaban J connectivity index is 1.85. The standard InChI is InChI=1S/C13H20N2OS/c1-14-10-4-2-5-11(8-7-10)15-13(16)12-6-3-9-17-12/h3,6,9-11,14H,2,4-5,7-8H2,1H3,(H,15,16). The van der Waals surface area contributed by atoms with E-state index in [9.17, 15) is 4.79 Å². The van der Waals surface area contributed by atoms with Crippen molar-refractivity contribution in [1.29, 1.82) is 0 Å². The Morgan fingerprint density at radius 1 is 1.29 bits per heavy atom. The molecule has 1 aromatic rings. The van der Waals surface area contributed by atoms with Crippen LogP contribution in [0.1, 0.15) is 41.8 Å². The third-order valence-electron chi connectivity index (χ3n) is 3.46. The van der Waals surface area contributed by atoms with Crippen LogP contribution in [0.5, 0.6) is 0 Å². The van der Waals surface area contributed by atoms with E-state index in [1.165, 1.54) is 24.2 Å². The van der Waals surface area contributed by atoms with E-state index in [0.29, 0.717) is 12.1 Å². The molecule has 94 valence electrons. The molecule has 4 heteroatoms. The number of hydrogen-bond donors (Lipinski definition) is 2. The molecule has 2 atom stereocenters. The number of carbonyl (C=O) groups excluding carboxylic acids is 1. The van der Waals surface area contributed by atoms with E-state index in [1.54, 1.807) is 0 Å². The predicted molar refractivity (Wildman–Crippen MR) is 71.5 cm³/mol. The van der Waals surface area contributed by atoms with Gasteiger partial charge in [-0.2, -0.15) is 0 Å². The van der Waals surface area contributed by atoms with Gasteiger partial charge >= 0.3 is 0 Å². The first-order valence-electron chi connectivity index (χ1n) is 6.31. The number of thiophene rings is 1. The van der Waals surface area contributed by atoms with Gasteiger partial charge in [-0.3, -0.25) is 4.79 Å². The first kappa shape index (κ1) is 12.6. The summed E-state index contributed by atoms with van der Waals surface area (Å²) in [7, 11) is 2.02. The molecule has 1 aliphatic rings. The van der Waals surface area contributed by atoms with Gasteiger partial charge in [-0.05, 0) is 50.6 Å². The molecule has 0 bridgehead atoms. The smallest absolute Gasteiger partial charge is 0.261 e. The van der Waals surface area contributed by atoms with Crippen molar-refractivity contribution in [1.82, 2.24) is 10.6 Å². The van der Waals surface area contributed by atoms with Crippen LogP contribution in [-0.2, 0) is 0 Å². The van der Waals surface area contributed by atoms with Crippen LogP contribution >= 0.6 is 11.3 Å². The highest BCUT2D eigenvalue weighted by atomic mass is 32.1. The lowest BCUT2D eigenvalue weighted by molar-refractivity contribution is 0.0937. The van der Waals surface area contributed by atoms with Crippen LogP contribution in [0, 0.1) is 0 Å². The topological polar surface area (TPSA) is 41.1 Å². The second-order valence-corrected chi connectivity index (χ2v) is 5.59. The SMILES string of the molecule is CNC1CCCC(NC(=O)c2cccs2)CC1. The predicted octanol–water partition coefficient (Wildman–Crippen LogP) is 2.40. The van der Waals surface area contributed by atoms with Gasteiger partial charge in [0.25, 0.3) is 5.91 Å². The van der Waals surface area contributed by atoms with Gasteiger partial charge in [-0.25, -0.2) is 0 Å². The van der Waals surface area contributed by atoms with Crippen LogP contribution in [0.3, 0.4) is 0 Å². The third-order valence-corrected chi connectivity index (χ3v) is 4.33. The van der Waals surface area contributed by atoms with Crippen molar-refractivity contribution >= 4 is 17.2 Å². The first-order valence-corrected chi connectivity index (χ1v) is 7.19. The van der Waals surface area contributed by atoms with Gasteiger partial charge in [-0.15, -0.1) is 11.3 Å². The van der Waals surface area contributed by atoms with E-state index in [1.807, 2.05) is 24.6 Å². The van der Waals surface area contributed by atoms with Gasteiger partial charge in [0.2, 0.25) is 0 Å². The van der Waals surface area contributed by atoms with Crippen molar-refractivity contribution < 1.29 is 4.79 Å². The Labute approximate surface area is 107 Å². The Morgan fingerprint density at radius 3 is 2.76 bits per heavy atom. The average molecular weight is 252 g/mol. The van der Waals surface area contributed by atoms with E-state index in [0.717, 1.165) is 24.1 Å². The van der Waals surface area contributed by atoms with E-state index in [2.05, 4.69) is 10.6 Å². The molecule has 1 saturated carbocycles. The Hall–Kier alpha value is -0.870. The summed E-state index contributed by atoms with van der Waals surface area (Å²) < 4.78 is 0. The maximum Gasteiger partial charge on any atom is 0.261 e. The zero-order valence-electron chi connectivity index (χ0n) is 10.2. The van der Waals surface area contributed by atoms with Crippen LogP contribution in [0.4, 0.5) is 0 Å². The highest BCUT2D eigenvalue weighted by Gasteiger charge is 2.19. The van der Waals surface area contributed by atoms with Crippen LogP contribution in [-0.4, -0.2) is 25.0 Å². The van der Waals surface area contributed by atoms with Crippen molar-refractivity contribution in [3.05, 3.63) is 22.4 Å². The highest BCUT2D eigenvalue weighted by molar-refractivity contribution is 7.12. The fraction of sp³-hybridized carbons (Fsp3) is 0.615. The summed E-state index contributed by atoms with van der Waals surface area (Å²) in [5, 5.41) is 8.43. The normalized spacial score (nSPS) is 25.2. The molecule has 1 amide bonds. The zero-order valence-corrected chi connectivity index (χ0v) is 11.1. The molecule has 0 spiro atoms. The van der Waals surface area contributed by atoms with Crippen LogP contribution in [0.15, 0.2) is 17.5 Å². The van der Waals surface area contributed by atoms with Crippen molar-refractivity contribution in [3.63, 3.8) is 0 Å². The molecule has 1 aromatic heterocycles. The van der Waals surface area contributed by atoms with Gasteiger partial charge in [0.15, 0.2) is 0 Å². The van der Waals surface area contributed by atoms with Crippen molar-refractivity contribution in [2.75, 3.05) is 7.05 Å². The molecule has 2 N–H and O–H groups in total. The summed E-state index contributed by atoms with van der Waals surface area (Å²) in [6.07, 6.45) is 5.77. The maximum absolute atomic E-state index is 11.9. The quantitative estimate of drug-likeness (QED) is 0.811. The lowest BCUT2D eigenvalue weighted by Crippen LogP contribution is -2.34. The van der Waals surface area contributed by atoms with Gasteiger partial charge in [0.05, 0.1) is 4.88 Å². The molecular weight excluding hydrogens is 232 g/mol. The molecule has 0 aliphatic heterocycles. The van der Waals surface area contributed by atoms with Crippen LogP contribution < -0.4 is 10.6 Å². The Kier molecular flexibility index (Phi) is 4.57. The zero-order chi connectivity index (χ0) is 12.1. The largest absolute Gasteiger partial charge is 0.349 e. The fourth-order valence-corrected chi connectivity index (χ4v) is 3.03. The summed E-state index contributed by atoms with van der Waals surface area (Å²) in [4.78, 5) is 12.7.